The molecule has 0 aliphatic carbocycles. The summed E-state index contributed by atoms with van der Waals surface area (Å²) in [7, 11) is 1.67. The van der Waals surface area contributed by atoms with Crippen LogP contribution >= 0.6 is 0 Å². The van der Waals surface area contributed by atoms with Gasteiger partial charge in [0, 0.05) is 17.8 Å². The molecule has 1 aliphatic rings. The number of nitrogens with zero attached hydrogens (tertiary/aromatic N) is 1. The summed E-state index contributed by atoms with van der Waals surface area (Å²) in [5.74, 6) is 0.769. The summed E-state index contributed by atoms with van der Waals surface area (Å²) < 4.78 is 5.28. The van der Waals surface area contributed by atoms with Crippen LogP contribution in [0.25, 0.3) is 0 Å². The summed E-state index contributed by atoms with van der Waals surface area (Å²) in [4.78, 5) is 15.2. The number of nitrogens with one attached hydrogen (secondary N) is 1. The fourth-order valence-electron chi connectivity index (χ4n) is 3.68. The van der Waals surface area contributed by atoms with Gasteiger partial charge in [0.25, 0.3) is 5.91 Å². The Morgan fingerprint density at radius 3 is 2.52 bits per heavy atom. The van der Waals surface area contributed by atoms with Gasteiger partial charge in [0.2, 0.25) is 0 Å². The molecule has 2 aromatic carbocycles. The monoisotopic (exact) mass is 367 g/mol. The molecule has 1 unspecified atom stereocenters. The molecule has 3 rings (SSSR count). The molecule has 0 aromatic heterocycles. The summed E-state index contributed by atoms with van der Waals surface area (Å²) in [5, 5.41) is 3.12. The fourth-order valence-corrected chi connectivity index (χ4v) is 3.68. The number of ether oxygens (including phenoxy) is 1. The third-order valence-corrected chi connectivity index (χ3v) is 5.29. The van der Waals surface area contributed by atoms with Gasteiger partial charge in [-0.3, -0.25) is 9.69 Å². The molecule has 3 N–H and O–H groups in total. The molecule has 1 aliphatic heterocycles. The van der Waals surface area contributed by atoms with E-state index in [0.29, 0.717) is 17.8 Å². The first-order valence-electron chi connectivity index (χ1n) is 9.61. The highest BCUT2D eigenvalue weighted by atomic mass is 16.5. The number of hydrogen-bond donors (Lipinski definition) is 2. The molecule has 1 amide bonds. The van der Waals surface area contributed by atoms with Crippen molar-refractivity contribution in [1.29, 1.82) is 0 Å². The van der Waals surface area contributed by atoms with Crippen LogP contribution in [0.1, 0.15) is 46.8 Å². The highest BCUT2D eigenvalue weighted by molar-refractivity contribution is 5.96. The lowest BCUT2D eigenvalue weighted by Gasteiger charge is -2.35. The van der Waals surface area contributed by atoms with E-state index in [-0.39, 0.29) is 11.9 Å². The van der Waals surface area contributed by atoms with Gasteiger partial charge in [-0.05, 0) is 68.2 Å². The number of aryl methyl sites for hydroxylation is 1. The standard InChI is InChI=1S/C22H29N3O2/c1-16-6-9-18(23)14-20(16)22(26)24-15-21(25-12-4-3-5-13-25)17-7-10-19(27-2)11-8-17/h6-11,14,21H,3-5,12-13,15,23H2,1-2H3,(H,24,26). The molecule has 0 spiro atoms. The quantitative estimate of drug-likeness (QED) is 0.767. The summed E-state index contributed by atoms with van der Waals surface area (Å²) in [6.45, 7) is 4.62. The highest BCUT2D eigenvalue weighted by Gasteiger charge is 2.23. The summed E-state index contributed by atoms with van der Waals surface area (Å²) >= 11 is 0. The van der Waals surface area contributed by atoms with Gasteiger partial charge in [0.05, 0.1) is 13.2 Å². The van der Waals surface area contributed by atoms with Crippen LogP contribution in [-0.4, -0.2) is 37.6 Å². The number of amides is 1. The van der Waals surface area contributed by atoms with Crippen molar-refractivity contribution >= 4 is 11.6 Å². The molecule has 2 aromatic rings. The smallest absolute Gasteiger partial charge is 0.251 e. The van der Waals surface area contributed by atoms with Crippen LogP contribution in [0.15, 0.2) is 42.5 Å². The maximum atomic E-state index is 12.7. The zero-order chi connectivity index (χ0) is 19.2. The number of anilines is 1. The van der Waals surface area contributed by atoms with Gasteiger partial charge in [0.1, 0.15) is 5.75 Å². The van der Waals surface area contributed by atoms with Crippen molar-refractivity contribution in [2.24, 2.45) is 0 Å². The number of carbonyl (C=O) groups excluding carboxylic acids is 1. The van der Waals surface area contributed by atoms with Gasteiger partial charge in [-0.1, -0.05) is 24.6 Å². The lowest BCUT2D eigenvalue weighted by Crippen LogP contribution is -2.40. The lowest BCUT2D eigenvalue weighted by molar-refractivity contribution is 0.0924. The second-order valence-electron chi connectivity index (χ2n) is 7.17. The topological polar surface area (TPSA) is 67.6 Å². The van der Waals surface area contributed by atoms with Crippen LogP contribution in [0.3, 0.4) is 0 Å². The van der Waals surface area contributed by atoms with Crippen molar-refractivity contribution in [2.45, 2.75) is 32.2 Å². The molecular formula is C22H29N3O2. The third-order valence-electron chi connectivity index (χ3n) is 5.29. The van der Waals surface area contributed by atoms with E-state index in [1.807, 2.05) is 31.2 Å². The Balaban J connectivity index is 1.76. The predicted molar refractivity (Wildman–Crippen MR) is 109 cm³/mol. The van der Waals surface area contributed by atoms with Gasteiger partial charge < -0.3 is 15.8 Å². The maximum absolute atomic E-state index is 12.7. The normalized spacial score (nSPS) is 15.9. The molecule has 1 atom stereocenters. The molecule has 1 fully saturated rings. The SMILES string of the molecule is COc1ccc(C(CNC(=O)c2cc(N)ccc2C)N2CCCCC2)cc1. The van der Waals surface area contributed by atoms with E-state index in [4.69, 9.17) is 10.5 Å². The molecule has 5 heteroatoms. The lowest BCUT2D eigenvalue weighted by atomic mass is 10.0. The van der Waals surface area contributed by atoms with E-state index in [0.717, 1.165) is 24.4 Å². The van der Waals surface area contributed by atoms with Crippen LogP contribution in [0.5, 0.6) is 5.75 Å². The Hall–Kier alpha value is -2.53. The summed E-state index contributed by atoms with van der Waals surface area (Å²) in [6, 6.07) is 13.8. The number of methoxy groups -OCH3 is 1. The number of piperidine rings is 1. The van der Waals surface area contributed by atoms with Crippen molar-refractivity contribution in [2.75, 3.05) is 32.5 Å². The molecule has 1 saturated heterocycles. The highest BCUT2D eigenvalue weighted by Crippen LogP contribution is 2.26. The van der Waals surface area contributed by atoms with Crippen LogP contribution < -0.4 is 15.8 Å². The number of nitrogen functional groups attached to an aromatic ring is 1. The average molecular weight is 367 g/mol. The summed E-state index contributed by atoms with van der Waals surface area (Å²) in [5.41, 5.74) is 9.23. The zero-order valence-electron chi connectivity index (χ0n) is 16.2. The van der Waals surface area contributed by atoms with Crippen molar-refractivity contribution in [3.8, 4) is 5.75 Å². The minimum atomic E-state index is -0.0738. The van der Waals surface area contributed by atoms with Gasteiger partial charge >= 0.3 is 0 Å². The number of carbonyl (C=O) groups is 1. The van der Waals surface area contributed by atoms with E-state index in [1.165, 1.54) is 24.8 Å². The fraction of sp³-hybridized carbons (Fsp3) is 0.409. The Morgan fingerprint density at radius 2 is 1.85 bits per heavy atom. The number of benzene rings is 2. The number of likely N-dealkylation sites (tertiary alicyclic amines) is 1. The Labute approximate surface area is 161 Å². The first-order valence-corrected chi connectivity index (χ1v) is 9.61. The maximum Gasteiger partial charge on any atom is 0.251 e. The zero-order valence-corrected chi connectivity index (χ0v) is 16.2. The van der Waals surface area contributed by atoms with E-state index in [2.05, 4.69) is 22.3 Å². The Bertz CT molecular complexity index is 768. The molecule has 5 nitrogen and oxygen atoms in total. The molecule has 0 bridgehead atoms. The average Bonchev–Trinajstić information content (AvgIpc) is 2.71. The minimum absolute atomic E-state index is 0.0738. The van der Waals surface area contributed by atoms with Crippen molar-refractivity contribution < 1.29 is 9.53 Å². The van der Waals surface area contributed by atoms with Crippen LogP contribution in [0.4, 0.5) is 5.69 Å². The first-order chi connectivity index (χ1) is 13.1. The summed E-state index contributed by atoms with van der Waals surface area (Å²) in [6.07, 6.45) is 3.69. The van der Waals surface area contributed by atoms with Gasteiger partial charge in [-0.15, -0.1) is 0 Å². The number of rotatable bonds is 6. The third kappa shape index (κ3) is 4.80. The minimum Gasteiger partial charge on any atom is -0.497 e. The predicted octanol–water partition coefficient (Wildman–Crippen LogP) is 3.54. The molecule has 0 radical (unpaired) electrons. The number of nitrogens with two attached hydrogens (primary N) is 1. The molecule has 0 saturated carbocycles. The Kier molecular flexibility index (Phi) is 6.35. The second kappa shape index (κ2) is 8.91. The van der Waals surface area contributed by atoms with Crippen molar-refractivity contribution in [3.05, 3.63) is 59.2 Å². The van der Waals surface area contributed by atoms with Crippen LogP contribution in [-0.2, 0) is 0 Å². The largest absolute Gasteiger partial charge is 0.497 e. The van der Waals surface area contributed by atoms with Gasteiger partial charge in [0.15, 0.2) is 0 Å². The van der Waals surface area contributed by atoms with Crippen molar-refractivity contribution in [1.82, 2.24) is 10.2 Å². The van der Waals surface area contributed by atoms with E-state index >= 15 is 0 Å². The Morgan fingerprint density at radius 1 is 1.15 bits per heavy atom. The van der Waals surface area contributed by atoms with Crippen LogP contribution in [0.2, 0.25) is 0 Å². The van der Waals surface area contributed by atoms with Gasteiger partial charge in [-0.25, -0.2) is 0 Å². The van der Waals surface area contributed by atoms with Gasteiger partial charge in [-0.2, -0.15) is 0 Å². The first kappa shape index (κ1) is 19.2. The molecule has 144 valence electrons. The second-order valence-corrected chi connectivity index (χ2v) is 7.17. The van der Waals surface area contributed by atoms with E-state index in [1.54, 1.807) is 13.2 Å². The van der Waals surface area contributed by atoms with E-state index in [9.17, 15) is 4.79 Å². The van der Waals surface area contributed by atoms with Crippen LogP contribution in [0, 0.1) is 6.92 Å². The van der Waals surface area contributed by atoms with Crippen molar-refractivity contribution in [3.63, 3.8) is 0 Å². The molecular weight excluding hydrogens is 338 g/mol. The number of hydrogen-bond acceptors (Lipinski definition) is 4. The molecule has 1 heterocycles. The van der Waals surface area contributed by atoms with E-state index < -0.39 is 0 Å². The molecule has 27 heavy (non-hydrogen) atoms.